The van der Waals surface area contributed by atoms with Crippen molar-refractivity contribution in [2.45, 2.75) is 6.92 Å². The van der Waals surface area contributed by atoms with Gasteiger partial charge < -0.3 is 14.8 Å². The van der Waals surface area contributed by atoms with Gasteiger partial charge in [-0.3, -0.25) is 14.4 Å². The van der Waals surface area contributed by atoms with Gasteiger partial charge in [-0.1, -0.05) is 0 Å². The Balaban J connectivity index is 2.54. The number of hydrogen-bond donors (Lipinski definition) is 2. The van der Waals surface area contributed by atoms with E-state index in [1.54, 1.807) is 6.92 Å². The second-order valence-electron chi connectivity index (χ2n) is 4.11. The van der Waals surface area contributed by atoms with E-state index in [4.69, 9.17) is 10.3 Å². The summed E-state index contributed by atoms with van der Waals surface area (Å²) in [5, 5.41) is 2.11. The highest BCUT2D eigenvalue weighted by molar-refractivity contribution is 6.64. The second-order valence-corrected chi connectivity index (χ2v) is 4.11. The Morgan fingerprint density at radius 1 is 1.26 bits per heavy atom. The molecule has 8 nitrogen and oxygen atoms in total. The molecule has 0 aliphatic heterocycles. The van der Waals surface area contributed by atoms with Crippen LogP contribution in [0.2, 0.25) is 0 Å². The highest BCUT2D eigenvalue weighted by atomic mass is 19.1. The highest BCUT2D eigenvalue weighted by Crippen LogP contribution is 2.10. The van der Waals surface area contributed by atoms with Gasteiger partial charge in [0.1, 0.15) is 18.1 Å². The lowest BCUT2D eigenvalue weighted by molar-refractivity contribution is -0.148. The summed E-state index contributed by atoms with van der Waals surface area (Å²) in [6.45, 7) is 0.749. The smallest absolute Gasteiger partial charge is 0.474 e. The summed E-state index contributed by atoms with van der Waals surface area (Å²) in [5.41, 5.74) is 6.17. The number of ether oxygens (including phenoxy) is 2. The van der Waals surface area contributed by atoms with Crippen LogP contribution >= 0.6 is 0 Å². The molecule has 0 aliphatic carbocycles. The first-order chi connectivity index (χ1) is 11.0. The van der Waals surface area contributed by atoms with Gasteiger partial charge in [-0.05, 0) is 31.2 Å². The van der Waals surface area contributed by atoms with Gasteiger partial charge in [0.2, 0.25) is 0 Å². The predicted molar refractivity (Wildman–Crippen MR) is 74.5 cm³/mol. The Kier molecular flexibility index (Phi) is 7.09. The highest BCUT2D eigenvalue weighted by Gasteiger charge is 2.32. The molecule has 0 atom stereocenters. The molecule has 0 unspecified atom stereocenters. The van der Waals surface area contributed by atoms with E-state index in [-0.39, 0.29) is 12.4 Å². The molecule has 1 aromatic carbocycles. The number of carbonyl (C=O) groups is 3. The molecule has 1 aromatic rings. The van der Waals surface area contributed by atoms with E-state index in [1.807, 2.05) is 0 Å². The molecule has 2 N–H and O–H groups in total. The van der Waals surface area contributed by atoms with Crippen molar-refractivity contribution in [2.75, 3.05) is 19.8 Å². The van der Waals surface area contributed by atoms with Gasteiger partial charge >= 0.3 is 17.6 Å². The molecule has 1 amide bonds. The number of benzene rings is 1. The number of carbonyl (C=O) groups excluding carboxylic acids is 3. The van der Waals surface area contributed by atoms with E-state index >= 15 is 0 Å². The fraction of sp³-hybridized carbons (Fsp3) is 0.286. The Morgan fingerprint density at radius 2 is 1.91 bits per heavy atom. The molecule has 122 valence electrons. The van der Waals surface area contributed by atoms with Gasteiger partial charge in [-0.2, -0.15) is 0 Å². The Hall–Kier alpha value is -3.06. The van der Waals surface area contributed by atoms with Crippen LogP contribution in [0.5, 0.6) is 5.75 Å². The van der Waals surface area contributed by atoms with Crippen molar-refractivity contribution in [3.8, 4) is 5.75 Å². The number of nitrogens with one attached hydrogen (secondary N) is 2. The maximum atomic E-state index is 12.7. The van der Waals surface area contributed by atoms with E-state index in [2.05, 4.69) is 14.8 Å². The monoisotopic (exact) mass is 324 g/mol. The lowest BCUT2D eigenvalue weighted by Crippen LogP contribution is -2.41. The molecule has 0 spiro atoms. The van der Waals surface area contributed by atoms with Crippen LogP contribution in [0.1, 0.15) is 6.92 Å². The normalized spacial score (nSPS) is 9.48. The van der Waals surface area contributed by atoms with Gasteiger partial charge in [-0.15, -0.1) is 0 Å². The molecule has 0 radical (unpaired) electrons. The number of esters is 1. The first-order valence-electron chi connectivity index (χ1n) is 6.57. The number of Topliss-reactive ketones (excluding diaryl/α,β-unsaturated/α-hetero) is 1. The first kappa shape index (κ1) is 18.0. The van der Waals surface area contributed by atoms with Crippen molar-refractivity contribution in [3.05, 3.63) is 30.1 Å². The minimum absolute atomic E-state index is 0.151. The molecule has 9 heteroatoms. The van der Waals surface area contributed by atoms with Gasteiger partial charge in [0.15, 0.2) is 6.61 Å². The van der Waals surface area contributed by atoms with E-state index in [9.17, 15) is 18.8 Å². The zero-order chi connectivity index (χ0) is 17.2. The molecule has 0 aromatic heterocycles. The van der Waals surface area contributed by atoms with Crippen LogP contribution in [-0.4, -0.2) is 47.9 Å². The zero-order valence-electron chi connectivity index (χ0n) is 12.3. The third-order valence-electron chi connectivity index (χ3n) is 2.47. The quantitative estimate of drug-likeness (QED) is 0.232. The number of hydrogen-bond acceptors (Lipinski definition) is 6. The molecular weight excluding hydrogens is 309 g/mol. The summed E-state index contributed by atoms with van der Waals surface area (Å²) in [6.07, 6.45) is 0. The van der Waals surface area contributed by atoms with Crippen molar-refractivity contribution >= 4 is 23.4 Å². The maximum absolute atomic E-state index is 12.7. The van der Waals surface area contributed by atoms with Crippen LogP contribution in [0, 0.1) is 11.3 Å². The molecule has 23 heavy (non-hydrogen) atoms. The Bertz CT molecular complexity index is 638. The molecule has 0 heterocycles. The Labute approximate surface area is 130 Å². The first-order valence-corrected chi connectivity index (χ1v) is 6.57. The summed E-state index contributed by atoms with van der Waals surface area (Å²) in [6, 6.07) is 4.90. The largest absolute Gasteiger partial charge is 0.485 e. The minimum Gasteiger partial charge on any atom is -0.485 e. The van der Waals surface area contributed by atoms with E-state index < -0.39 is 42.3 Å². The van der Waals surface area contributed by atoms with E-state index in [1.165, 1.54) is 12.1 Å². The average molecular weight is 324 g/mol. The SMILES string of the molecule is CCOC(=O)CNC(=O)C(=[N+]=N)C(=O)COc1ccc(F)cc1. The molecule has 0 saturated heterocycles. The standard InChI is InChI=1S/C14H14FN3O5/c1-2-22-12(20)7-17-14(21)13(18-16)11(19)8-23-10-5-3-9(15)4-6-10/h3-6,16H,2,7-8H2,1H3/p+1. The van der Waals surface area contributed by atoms with Gasteiger partial charge in [0.25, 0.3) is 5.78 Å². The van der Waals surface area contributed by atoms with Crippen molar-refractivity contribution in [3.63, 3.8) is 0 Å². The molecule has 1 rings (SSSR count). The topological polar surface area (TPSA) is 120 Å². The van der Waals surface area contributed by atoms with Crippen LogP contribution in [-0.2, 0) is 19.1 Å². The minimum atomic E-state index is -0.985. The Morgan fingerprint density at radius 3 is 2.48 bits per heavy atom. The van der Waals surface area contributed by atoms with Gasteiger partial charge in [0.05, 0.1) is 16.9 Å². The zero-order valence-corrected chi connectivity index (χ0v) is 12.3. The lowest BCUT2D eigenvalue weighted by atomic mass is 10.2. The number of halogens is 1. The molecule has 0 fully saturated rings. The van der Waals surface area contributed by atoms with Gasteiger partial charge in [-0.25, -0.2) is 4.39 Å². The van der Waals surface area contributed by atoms with Crippen molar-refractivity contribution in [1.29, 1.82) is 5.53 Å². The molecular formula is C14H15FN3O5+. The van der Waals surface area contributed by atoms with E-state index in [0.717, 1.165) is 12.1 Å². The summed E-state index contributed by atoms with van der Waals surface area (Å²) in [5.74, 6) is -2.77. The lowest BCUT2D eigenvalue weighted by Gasteiger charge is -2.03. The summed E-state index contributed by atoms with van der Waals surface area (Å²) in [7, 11) is 0. The van der Waals surface area contributed by atoms with Crippen LogP contribution in [0.15, 0.2) is 24.3 Å². The van der Waals surface area contributed by atoms with Crippen LogP contribution < -0.4 is 10.1 Å². The van der Waals surface area contributed by atoms with E-state index in [0.29, 0.717) is 0 Å². The maximum Gasteiger partial charge on any atom is 0.474 e. The van der Waals surface area contributed by atoms with Crippen LogP contribution in [0.25, 0.3) is 0 Å². The summed E-state index contributed by atoms with van der Waals surface area (Å²) < 4.78 is 22.4. The number of nitrogens with zero attached hydrogens (tertiary/aromatic N) is 1. The summed E-state index contributed by atoms with van der Waals surface area (Å²) >= 11 is 0. The molecule has 0 saturated carbocycles. The molecule has 0 bridgehead atoms. The predicted octanol–water partition coefficient (Wildman–Crippen LogP) is 0.133. The third kappa shape index (κ3) is 6.06. The fourth-order valence-electron chi connectivity index (χ4n) is 1.44. The van der Waals surface area contributed by atoms with Crippen molar-refractivity contribution < 1.29 is 33.0 Å². The van der Waals surface area contributed by atoms with Crippen molar-refractivity contribution in [2.24, 2.45) is 0 Å². The summed E-state index contributed by atoms with van der Waals surface area (Å²) in [4.78, 5) is 37.4. The number of amides is 1. The second kappa shape index (κ2) is 9.06. The number of rotatable bonds is 8. The fourth-order valence-corrected chi connectivity index (χ4v) is 1.44. The average Bonchev–Trinajstić information content (AvgIpc) is 2.53. The molecule has 0 aliphatic rings. The number of ketones is 1. The van der Waals surface area contributed by atoms with Gasteiger partial charge in [0, 0.05) is 0 Å². The van der Waals surface area contributed by atoms with Crippen LogP contribution in [0.4, 0.5) is 4.39 Å². The third-order valence-corrected chi connectivity index (χ3v) is 2.47. The van der Waals surface area contributed by atoms with Crippen molar-refractivity contribution in [1.82, 2.24) is 5.32 Å². The van der Waals surface area contributed by atoms with Crippen LogP contribution in [0.3, 0.4) is 0 Å².